The van der Waals surface area contributed by atoms with E-state index in [1.54, 1.807) is 6.33 Å². The summed E-state index contributed by atoms with van der Waals surface area (Å²) in [5.41, 5.74) is 2.37. The van der Waals surface area contributed by atoms with E-state index in [0.29, 0.717) is 6.61 Å². The van der Waals surface area contributed by atoms with Crippen molar-refractivity contribution in [2.75, 3.05) is 6.61 Å². The highest BCUT2D eigenvalue weighted by molar-refractivity contribution is 5.28. The van der Waals surface area contributed by atoms with Crippen molar-refractivity contribution in [3.05, 3.63) is 17.7 Å². The number of rotatable bonds is 3. The molecule has 0 atom stereocenters. The van der Waals surface area contributed by atoms with E-state index in [9.17, 15) is 0 Å². The molecule has 0 unspecified atom stereocenters. The smallest absolute Gasteiger partial charge is 0.0925 e. The average molecular weight is 167 g/mol. The number of nitrogens with zero attached hydrogens (tertiary/aromatic N) is 1. The summed E-state index contributed by atoms with van der Waals surface area (Å²) < 4.78 is 0. The molecule has 66 valence electrons. The van der Waals surface area contributed by atoms with Crippen LogP contribution in [-0.2, 0) is 10.3 Å². The van der Waals surface area contributed by atoms with E-state index < -0.39 is 0 Å². The van der Waals surface area contributed by atoms with Gasteiger partial charge in [0.2, 0.25) is 0 Å². The molecule has 3 N–H and O–H groups in total. The van der Waals surface area contributed by atoms with E-state index in [1.807, 2.05) is 6.92 Å². The molecule has 1 aromatic rings. The molecule has 1 fully saturated rings. The van der Waals surface area contributed by atoms with E-state index in [4.69, 9.17) is 10.7 Å². The summed E-state index contributed by atoms with van der Waals surface area (Å²) >= 11 is 0. The second kappa shape index (κ2) is 2.57. The Hall–Kier alpha value is -0.870. The van der Waals surface area contributed by atoms with Gasteiger partial charge in [-0.15, -0.1) is 0 Å². The lowest BCUT2D eigenvalue weighted by Gasteiger charge is -2.10. The highest BCUT2D eigenvalue weighted by atomic mass is 16.6. The van der Waals surface area contributed by atoms with Crippen LogP contribution in [-0.4, -0.2) is 16.6 Å². The summed E-state index contributed by atoms with van der Waals surface area (Å²) in [7, 11) is 0. The van der Waals surface area contributed by atoms with Crippen molar-refractivity contribution in [1.29, 1.82) is 0 Å². The maximum absolute atomic E-state index is 5.07. The van der Waals surface area contributed by atoms with Gasteiger partial charge in [0.25, 0.3) is 0 Å². The normalized spacial score (nSPS) is 19.5. The molecule has 12 heavy (non-hydrogen) atoms. The van der Waals surface area contributed by atoms with Crippen LogP contribution in [0.15, 0.2) is 6.33 Å². The lowest BCUT2D eigenvalue weighted by atomic mass is 10.0. The van der Waals surface area contributed by atoms with E-state index in [-0.39, 0.29) is 5.41 Å². The van der Waals surface area contributed by atoms with E-state index in [0.717, 1.165) is 24.2 Å². The van der Waals surface area contributed by atoms with E-state index in [1.165, 1.54) is 0 Å². The minimum Gasteiger partial charge on any atom is -0.348 e. The Balaban J connectivity index is 2.24. The molecule has 0 amide bonds. The SMILES string of the molecule is Cc1[nH]cnc1C1(CON)CC1. The van der Waals surface area contributed by atoms with Crippen LogP contribution < -0.4 is 5.90 Å². The summed E-state index contributed by atoms with van der Waals surface area (Å²) in [6, 6.07) is 0. The fraction of sp³-hybridized carbons (Fsp3) is 0.625. The number of nitrogens with one attached hydrogen (secondary N) is 1. The highest BCUT2D eigenvalue weighted by Crippen LogP contribution is 2.48. The first-order valence-corrected chi connectivity index (χ1v) is 4.11. The highest BCUT2D eigenvalue weighted by Gasteiger charge is 2.47. The predicted octanol–water partition coefficient (Wildman–Crippen LogP) is 0.640. The van der Waals surface area contributed by atoms with Gasteiger partial charge in [-0.3, -0.25) is 0 Å². The van der Waals surface area contributed by atoms with Crippen LogP contribution in [0, 0.1) is 6.92 Å². The van der Waals surface area contributed by atoms with Gasteiger partial charge in [-0.05, 0) is 19.8 Å². The van der Waals surface area contributed by atoms with Gasteiger partial charge in [-0.1, -0.05) is 0 Å². The molecule has 2 rings (SSSR count). The number of aromatic amines is 1. The molecular weight excluding hydrogens is 154 g/mol. The third-order valence-electron chi connectivity index (χ3n) is 2.55. The third-order valence-corrected chi connectivity index (χ3v) is 2.55. The van der Waals surface area contributed by atoms with Gasteiger partial charge < -0.3 is 9.82 Å². The summed E-state index contributed by atoms with van der Waals surface area (Å²) in [4.78, 5) is 12.0. The quantitative estimate of drug-likeness (QED) is 0.649. The molecule has 0 bridgehead atoms. The Morgan fingerprint density at radius 2 is 2.50 bits per heavy atom. The number of hydrogen-bond acceptors (Lipinski definition) is 3. The average Bonchev–Trinajstić information content (AvgIpc) is 2.68. The first-order chi connectivity index (χ1) is 5.78. The van der Waals surface area contributed by atoms with E-state index >= 15 is 0 Å². The molecule has 0 aliphatic heterocycles. The first-order valence-electron chi connectivity index (χ1n) is 4.11. The Morgan fingerprint density at radius 1 is 1.75 bits per heavy atom. The maximum atomic E-state index is 5.07. The Labute approximate surface area is 71.1 Å². The van der Waals surface area contributed by atoms with Crippen molar-refractivity contribution in [3.8, 4) is 0 Å². The van der Waals surface area contributed by atoms with Crippen LogP contribution in [0.4, 0.5) is 0 Å². The molecule has 1 aliphatic carbocycles. The van der Waals surface area contributed by atoms with Crippen molar-refractivity contribution in [3.63, 3.8) is 0 Å². The molecule has 1 aromatic heterocycles. The number of hydrogen-bond donors (Lipinski definition) is 2. The molecule has 1 heterocycles. The minimum atomic E-state index is 0.124. The standard InChI is InChI=1S/C8H13N3O/c1-6-7(11-5-10-6)8(2-3-8)4-12-9/h5H,2-4,9H2,1H3,(H,10,11). The van der Waals surface area contributed by atoms with Crippen LogP contribution in [0.1, 0.15) is 24.2 Å². The second-order valence-electron chi connectivity index (χ2n) is 3.47. The lowest BCUT2D eigenvalue weighted by Crippen LogP contribution is -2.19. The number of imidazole rings is 1. The molecule has 1 saturated carbocycles. The van der Waals surface area contributed by atoms with Crippen LogP contribution in [0.5, 0.6) is 0 Å². The summed E-state index contributed by atoms with van der Waals surface area (Å²) in [5.74, 6) is 5.07. The first kappa shape index (κ1) is 7.76. The molecule has 4 nitrogen and oxygen atoms in total. The maximum Gasteiger partial charge on any atom is 0.0925 e. The Kier molecular flexibility index (Phi) is 1.66. The van der Waals surface area contributed by atoms with Gasteiger partial charge >= 0.3 is 0 Å². The van der Waals surface area contributed by atoms with Crippen LogP contribution >= 0.6 is 0 Å². The lowest BCUT2D eigenvalue weighted by molar-refractivity contribution is 0.115. The molecular formula is C8H13N3O. The molecule has 0 radical (unpaired) electrons. The van der Waals surface area contributed by atoms with Gasteiger partial charge in [0.15, 0.2) is 0 Å². The molecule has 0 saturated heterocycles. The van der Waals surface area contributed by atoms with Crippen molar-refractivity contribution < 1.29 is 4.84 Å². The van der Waals surface area contributed by atoms with Crippen molar-refractivity contribution in [2.24, 2.45) is 5.90 Å². The molecule has 0 spiro atoms. The van der Waals surface area contributed by atoms with Crippen molar-refractivity contribution in [1.82, 2.24) is 9.97 Å². The molecule has 1 aliphatic rings. The van der Waals surface area contributed by atoms with Gasteiger partial charge in [-0.2, -0.15) is 0 Å². The third kappa shape index (κ3) is 1.04. The number of nitrogens with two attached hydrogens (primary N) is 1. The monoisotopic (exact) mass is 167 g/mol. The van der Waals surface area contributed by atoms with Gasteiger partial charge in [0.05, 0.1) is 18.6 Å². The fourth-order valence-corrected chi connectivity index (χ4v) is 1.65. The number of H-pyrrole nitrogens is 1. The minimum absolute atomic E-state index is 0.124. The summed E-state index contributed by atoms with van der Waals surface area (Å²) in [5, 5.41) is 0. The van der Waals surface area contributed by atoms with Crippen LogP contribution in [0.25, 0.3) is 0 Å². The predicted molar refractivity (Wildman–Crippen MR) is 44.4 cm³/mol. The fourth-order valence-electron chi connectivity index (χ4n) is 1.65. The largest absolute Gasteiger partial charge is 0.348 e. The molecule has 0 aromatic carbocycles. The Bertz CT molecular complexity index is 278. The molecule has 4 heteroatoms. The number of aromatic nitrogens is 2. The zero-order valence-electron chi connectivity index (χ0n) is 7.13. The van der Waals surface area contributed by atoms with Crippen LogP contribution in [0.3, 0.4) is 0 Å². The zero-order valence-corrected chi connectivity index (χ0v) is 7.13. The topological polar surface area (TPSA) is 63.9 Å². The van der Waals surface area contributed by atoms with Crippen molar-refractivity contribution in [2.45, 2.75) is 25.2 Å². The van der Waals surface area contributed by atoms with Gasteiger partial charge in [-0.25, -0.2) is 10.9 Å². The van der Waals surface area contributed by atoms with Crippen LogP contribution in [0.2, 0.25) is 0 Å². The van der Waals surface area contributed by atoms with Crippen molar-refractivity contribution >= 4 is 0 Å². The Morgan fingerprint density at radius 3 is 2.92 bits per heavy atom. The van der Waals surface area contributed by atoms with Gasteiger partial charge in [0.1, 0.15) is 0 Å². The second-order valence-corrected chi connectivity index (χ2v) is 3.47. The number of aryl methyl sites for hydroxylation is 1. The summed E-state index contributed by atoms with van der Waals surface area (Å²) in [6.45, 7) is 2.61. The zero-order chi connectivity index (χ0) is 8.60. The van der Waals surface area contributed by atoms with E-state index in [2.05, 4.69) is 9.97 Å². The van der Waals surface area contributed by atoms with Gasteiger partial charge in [0, 0.05) is 11.1 Å². The summed E-state index contributed by atoms with van der Waals surface area (Å²) in [6.07, 6.45) is 3.99.